The topological polar surface area (TPSA) is 147 Å². The molecule has 0 aliphatic carbocycles. The number of nitrogens with zero attached hydrogens (tertiary/aromatic N) is 5. The van der Waals surface area contributed by atoms with E-state index in [-0.39, 0.29) is 23.5 Å². The van der Waals surface area contributed by atoms with Crippen molar-refractivity contribution in [1.29, 1.82) is 0 Å². The smallest absolute Gasteiger partial charge is 0.323 e. The van der Waals surface area contributed by atoms with Crippen molar-refractivity contribution in [2.75, 3.05) is 41.7 Å². The lowest BCUT2D eigenvalue weighted by molar-refractivity contribution is -0.129. The Kier molecular flexibility index (Phi) is 5.83. The number of amides is 3. The monoisotopic (exact) mass is 439 g/mol. The molecule has 12 nitrogen and oxygen atoms in total. The minimum absolute atomic E-state index is 0.0505. The van der Waals surface area contributed by atoms with Gasteiger partial charge in [0.05, 0.1) is 0 Å². The van der Waals surface area contributed by atoms with E-state index in [1.54, 1.807) is 26.0 Å². The summed E-state index contributed by atoms with van der Waals surface area (Å²) in [6.07, 6.45) is 0. The molecule has 2 aromatic heterocycles. The van der Waals surface area contributed by atoms with Crippen LogP contribution in [0.3, 0.4) is 0 Å². The zero-order chi connectivity index (χ0) is 22.7. The van der Waals surface area contributed by atoms with E-state index in [1.807, 2.05) is 17.0 Å². The zero-order valence-electron chi connectivity index (χ0n) is 17.5. The summed E-state index contributed by atoms with van der Waals surface area (Å²) in [5.41, 5.74) is 1.59. The van der Waals surface area contributed by atoms with Gasteiger partial charge in [0.25, 0.3) is 5.91 Å². The maximum Gasteiger partial charge on any atom is 0.323 e. The van der Waals surface area contributed by atoms with E-state index in [1.165, 1.54) is 6.07 Å². The van der Waals surface area contributed by atoms with Gasteiger partial charge in [0.15, 0.2) is 5.69 Å². The third-order valence-corrected chi connectivity index (χ3v) is 4.92. The molecule has 1 aromatic carbocycles. The minimum Gasteiger partial charge on any atom is -0.399 e. The number of piperazine rings is 1. The van der Waals surface area contributed by atoms with Gasteiger partial charge in [0.2, 0.25) is 5.91 Å². The van der Waals surface area contributed by atoms with Gasteiger partial charge in [-0.1, -0.05) is 10.3 Å². The Bertz CT molecular complexity index is 1130. The van der Waals surface area contributed by atoms with E-state index < -0.39 is 11.8 Å². The molecule has 0 radical (unpaired) electrons. The van der Waals surface area contributed by atoms with E-state index >= 15 is 0 Å². The molecule has 4 rings (SSSR count). The molecular formula is C20H21N7O5. The summed E-state index contributed by atoms with van der Waals surface area (Å²) in [5.74, 6) is -0.957. The predicted molar refractivity (Wildman–Crippen MR) is 112 cm³/mol. The van der Waals surface area contributed by atoms with E-state index in [0.29, 0.717) is 24.5 Å². The van der Waals surface area contributed by atoms with Crippen molar-refractivity contribution in [3.05, 3.63) is 47.7 Å². The lowest BCUT2D eigenvalue weighted by Crippen LogP contribution is -2.48. The summed E-state index contributed by atoms with van der Waals surface area (Å²) < 4.78 is 10.0. The number of carbonyl (C=O) groups excluding carboxylic acids is 3. The number of nitrogens with one attached hydrogen (secondary N) is 2. The number of aromatic nitrogens is 3. The van der Waals surface area contributed by atoms with Gasteiger partial charge in [-0.2, -0.15) is 0 Å². The van der Waals surface area contributed by atoms with Crippen molar-refractivity contribution >= 4 is 35.1 Å². The van der Waals surface area contributed by atoms with Crippen LogP contribution in [0, 0.1) is 6.92 Å². The molecule has 0 atom stereocenters. The Morgan fingerprint density at radius 3 is 2.31 bits per heavy atom. The highest BCUT2D eigenvalue weighted by molar-refractivity contribution is 6.03. The van der Waals surface area contributed by atoms with Crippen molar-refractivity contribution in [1.82, 2.24) is 20.3 Å². The lowest BCUT2D eigenvalue weighted by atomic mass is 10.2. The van der Waals surface area contributed by atoms with Gasteiger partial charge in [0, 0.05) is 50.5 Å². The van der Waals surface area contributed by atoms with Crippen LogP contribution in [-0.4, -0.2) is 64.2 Å². The molecule has 166 valence electrons. The van der Waals surface area contributed by atoms with E-state index in [4.69, 9.17) is 8.94 Å². The molecule has 0 saturated carbocycles. The first kappa shape index (κ1) is 21.0. The van der Waals surface area contributed by atoms with Gasteiger partial charge in [-0.05, 0) is 31.2 Å². The molecule has 3 aromatic rings. The average Bonchev–Trinajstić information content (AvgIpc) is 3.43. The predicted octanol–water partition coefficient (Wildman–Crippen LogP) is 1.54. The van der Waals surface area contributed by atoms with Gasteiger partial charge >= 0.3 is 17.8 Å². The summed E-state index contributed by atoms with van der Waals surface area (Å²) in [4.78, 5) is 39.8. The molecule has 0 spiro atoms. The highest BCUT2D eigenvalue weighted by Gasteiger charge is 2.20. The first-order chi connectivity index (χ1) is 15.4. The van der Waals surface area contributed by atoms with Crippen LogP contribution in [0.4, 0.5) is 17.4 Å². The second-order valence-corrected chi connectivity index (χ2v) is 7.18. The van der Waals surface area contributed by atoms with Crippen molar-refractivity contribution in [3.63, 3.8) is 0 Å². The third kappa shape index (κ3) is 4.74. The largest absolute Gasteiger partial charge is 0.399 e. The molecular weight excluding hydrogens is 418 g/mol. The van der Waals surface area contributed by atoms with Crippen molar-refractivity contribution in [2.45, 2.75) is 13.8 Å². The van der Waals surface area contributed by atoms with Crippen molar-refractivity contribution in [2.24, 2.45) is 0 Å². The highest BCUT2D eigenvalue weighted by Crippen LogP contribution is 2.20. The molecule has 1 fully saturated rings. The second-order valence-electron chi connectivity index (χ2n) is 7.18. The zero-order valence-corrected chi connectivity index (χ0v) is 17.5. The SMILES string of the molecule is CC(=O)N1CCN(c2ccc(NC(=O)c3nnc(NC(=O)c4cc(C)on4)o3)cc2)CC1. The molecule has 3 amide bonds. The van der Waals surface area contributed by atoms with Gasteiger partial charge < -0.3 is 24.1 Å². The Morgan fingerprint density at radius 2 is 1.69 bits per heavy atom. The van der Waals surface area contributed by atoms with E-state index in [9.17, 15) is 14.4 Å². The Labute approximate surface area is 182 Å². The van der Waals surface area contributed by atoms with Crippen LogP contribution in [0.2, 0.25) is 0 Å². The van der Waals surface area contributed by atoms with Crippen LogP contribution < -0.4 is 15.5 Å². The molecule has 12 heteroatoms. The van der Waals surface area contributed by atoms with Gasteiger partial charge in [0.1, 0.15) is 5.76 Å². The van der Waals surface area contributed by atoms with Crippen LogP contribution in [-0.2, 0) is 4.79 Å². The molecule has 0 unspecified atom stereocenters. The fraction of sp³-hybridized carbons (Fsp3) is 0.300. The molecule has 32 heavy (non-hydrogen) atoms. The van der Waals surface area contributed by atoms with Crippen molar-refractivity contribution < 1.29 is 23.3 Å². The average molecular weight is 439 g/mol. The molecule has 2 N–H and O–H groups in total. The summed E-state index contributed by atoms with van der Waals surface area (Å²) >= 11 is 0. The molecule has 0 bridgehead atoms. The van der Waals surface area contributed by atoms with Crippen LogP contribution >= 0.6 is 0 Å². The number of rotatable bonds is 5. The first-order valence-electron chi connectivity index (χ1n) is 9.89. The number of aryl methyl sites for hydroxylation is 1. The first-order valence-corrected chi connectivity index (χ1v) is 9.89. The van der Waals surface area contributed by atoms with Gasteiger partial charge in [-0.3, -0.25) is 19.7 Å². The number of benzene rings is 1. The third-order valence-electron chi connectivity index (χ3n) is 4.92. The van der Waals surface area contributed by atoms with E-state index in [0.717, 1.165) is 18.8 Å². The Hall–Kier alpha value is -4.22. The fourth-order valence-electron chi connectivity index (χ4n) is 3.22. The van der Waals surface area contributed by atoms with Crippen LogP contribution in [0.25, 0.3) is 0 Å². The summed E-state index contributed by atoms with van der Waals surface area (Å²) in [5, 5.41) is 15.9. The number of carbonyl (C=O) groups is 3. The van der Waals surface area contributed by atoms with Gasteiger partial charge in [-0.25, -0.2) is 0 Å². The molecule has 1 aliphatic rings. The maximum atomic E-state index is 12.4. The minimum atomic E-state index is -0.613. The Morgan fingerprint density at radius 1 is 0.969 bits per heavy atom. The standard InChI is InChI=1S/C20H21N7O5/c1-12-11-16(25-32-12)17(29)22-20-24-23-19(31-20)18(30)21-14-3-5-15(6-4-14)27-9-7-26(8-10-27)13(2)28/h3-6,11H,7-10H2,1-2H3,(H,21,30)(H,22,24,29). The Balaban J connectivity index is 1.32. The number of anilines is 3. The highest BCUT2D eigenvalue weighted by atomic mass is 16.5. The summed E-state index contributed by atoms with van der Waals surface area (Å²) in [6.45, 7) is 6.08. The quantitative estimate of drug-likeness (QED) is 0.604. The lowest BCUT2D eigenvalue weighted by Gasteiger charge is -2.35. The molecule has 1 saturated heterocycles. The molecule has 3 heterocycles. The second kappa shape index (κ2) is 8.88. The van der Waals surface area contributed by atoms with Crippen molar-refractivity contribution in [3.8, 4) is 0 Å². The summed E-state index contributed by atoms with van der Waals surface area (Å²) in [6, 6.07) is 8.51. The fourth-order valence-corrected chi connectivity index (χ4v) is 3.22. The molecule has 1 aliphatic heterocycles. The van der Waals surface area contributed by atoms with E-state index in [2.05, 4.69) is 30.9 Å². The summed E-state index contributed by atoms with van der Waals surface area (Å²) in [7, 11) is 0. The van der Waals surface area contributed by atoms with Crippen LogP contribution in [0.15, 0.2) is 39.3 Å². The van der Waals surface area contributed by atoms with Gasteiger partial charge in [-0.15, -0.1) is 5.10 Å². The number of hydrogen-bond acceptors (Lipinski definition) is 9. The normalized spacial score (nSPS) is 13.7. The van der Waals surface area contributed by atoms with Crippen LogP contribution in [0.1, 0.15) is 33.9 Å². The van der Waals surface area contributed by atoms with Crippen LogP contribution in [0.5, 0.6) is 0 Å². The maximum absolute atomic E-state index is 12.4. The number of hydrogen-bond donors (Lipinski definition) is 2.